The summed E-state index contributed by atoms with van der Waals surface area (Å²) in [6.07, 6.45) is 5.77. The molecule has 18 heavy (non-hydrogen) atoms. The third-order valence-electron chi connectivity index (χ3n) is 3.80. The van der Waals surface area contributed by atoms with Crippen molar-refractivity contribution in [3.63, 3.8) is 0 Å². The topological polar surface area (TPSA) is 61.7 Å². The van der Waals surface area contributed by atoms with Gasteiger partial charge in [-0.3, -0.25) is 0 Å². The summed E-state index contributed by atoms with van der Waals surface area (Å²) in [6, 6.07) is 0.429. The Kier molecular flexibility index (Phi) is 2.43. The maximum absolute atomic E-state index is 6.28. The number of imidazole rings is 2. The Morgan fingerprint density at radius 3 is 2.83 bits per heavy atom. The Morgan fingerprint density at radius 2 is 2.17 bits per heavy atom. The van der Waals surface area contributed by atoms with E-state index in [1.165, 1.54) is 6.42 Å². The fourth-order valence-electron chi connectivity index (χ4n) is 2.99. The van der Waals surface area contributed by atoms with Crippen LogP contribution >= 0.6 is 0 Å². The third-order valence-corrected chi connectivity index (χ3v) is 3.80. The molecule has 0 spiro atoms. The Morgan fingerprint density at radius 1 is 1.39 bits per heavy atom. The molecule has 0 amide bonds. The zero-order valence-electron chi connectivity index (χ0n) is 11.1. The van der Waals surface area contributed by atoms with Gasteiger partial charge in [-0.2, -0.15) is 0 Å². The molecule has 0 bridgehead atoms. The first kappa shape index (κ1) is 11.3. The first-order valence-electron chi connectivity index (χ1n) is 6.41. The number of hydrogen-bond acceptors (Lipinski definition) is 3. The average Bonchev–Trinajstić information content (AvgIpc) is 2.82. The number of nitrogens with two attached hydrogens (primary N) is 1. The molecule has 0 saturated carbocycles. The number of fused-ring (bicyclic) bond motifs is 1. The highest BCUT2D eigenvalue weighted by molar-refractivity contribution is 5.68. The predicted molar refractivity (Wildman–Crippen MR) is 71.0 cm³/mol. The van der Waals surface area contributed by atoms with Crippen LogP contribution in [0.1, 0.15) is 32.1 Å². The molecule has 5 heteroatoms. The molecule has 3 rings (SSSR count). The van der Waals surface area contributed by atoms with Crippen molar-refractivity contribution in [2.24, 2.45) is 13.0 Å². The van der Waals surface area contributed by atoms with Gasteiger partial charge in [-0.05, 0) is 19.3 Å². The van der Waals surface area contributed by atoms with Gasteiger partial charge >= 0.3 is 0 Å². The molecule has 2 atom stereocenters. The van der Waals surface area contributed by atoms with Gasteiger partial charge in [0.05, 0.1) is 18.2 Å². The van der Waals surface area contributed by atoms with Gasteiger partial charge in [-0.1, -0.05) is 6.92 Å². The van der Waals surface area contributed by atoms with Gasteiger partial charge in [0.2, 0.25) is 0 Å². The van der Waals surface area contributed by atoms with Crippen LogP contribution in [0, 0.1) is 5.92 Å². The van der Waals surface area contributed by atoms with E-state index in [0.717, 1.165) is 29.5 Å². The van der Waals surface area contributed by atoms with E-state index in [1.54, 1.807) is 6.33 Å². The number of anilines is 1. The first-order valence-corrected chi connectivity index (χ1v) is 6.41. The molecule has 0 saturated heterocycles. The second-order valence-electron chi connectivity index (χ2n) is 5.42. The number of aromatic nitrogens is 4. The fraction of sp³-hybridized carbons (Fsp3) is 0.538. The fourth-order valence-corrected chi connectivity index (χ4v) is 2.99. The minimum atomic E-state index is 0.429. The van der Waals surface area contributed by atoms with Gasteiger partial charge < -0.3 is 14.9 Å². The summed E-state index contributed by atoms with van der Waals surface area (Å²) in [6.45, 7) is 4.48. The molecule has 2 N–H and O–H groups in total. The van der Waals surface area contributed by atoms with Gasteiger partial charge in [0, 0.05) is 19.5 Å². The molecule has 0 aliphatic carbocycles. The van der Waals surface area contributed by atoms with E-state index in [1.807, 2.05) is 17.8 Å². The van der Waals surface area contributed by atoms with E-state index in [0.29, 0.717) is 12.0 Å². The van der Waals surface area contributed by atoms with Gasteiger partial charge in [0.15, 0.2) is 0 Å². The minimum absolute atomic E-state index is 0.429. The van der Waals surface area contributed by atoms with Crippen LogP contribution in [0.4, 0.5) is 5.82 Å². The second-order valence-corrected chi connectivity index (χ2v) is 5.42. The lowest BCUT2D eigenvalue weighted by atomic mass is 9.95. The summed E-state index contributed by atoms with van der Waals surface area (Å²) < 4.78 is 4.14. The summed E-state index contributed by atoms with van der Waals surface area (Å²) in [7, 11) is 1.96. The second kappa shape index (κ2) is 3.86. The molecule has 5 nitrogen and oxygen atoms in total. The highest BCUT2D eigenvalue weighted by atomic mass is 15.2. The van der Waals surface area contributed by atoms with Crippen molar-refractivity contribution in [3.05, 3.63) is 18.3 Å². The van der Waals surface area contributed by atoms with Crippen LogP contribution in [0.2, 0.25) is 0 Å². The summed E-state index contributed by atoms with van der Waals surface area (Å²) >= 11 is 0. The van der Waals surface area contributed by atoms with Crippen molar-refractivity contribution in [1.29, 1.82) is 0 Å². The third kappa shape index (κ3) is 1.54. The Labute approximate surface area is 107 Å². The Bertz CT molecular complexity index is 580. The summed E-state index contributed by atoms with van der Waals surface area (Å²) in [5.74, 6) is 2.55. The number of nitrogen functional groups attached to an aromatic ring is 1. The number of rotatable bonds is 1. The molecule has 2 aromatic rings. The molecule has 2 unspecified atom stereocenters. The normalized spacial score (nSPS) is 23.1. The van der Waals surface area contributed by atoms with Crippen LogP contribution in [0.3, 0.4) is 0 Å². The van der Waals surface area contributed by atoms with E-state index in [4.69, 9.17) is 10.7 Å². The van der Waals surface area contributed by atoms with Gasteiger partial charge in [0.25, 0.3) is 0 Å². The van der Waals surface area contributed by atoms with Crippen molar-refractivity contribution in [2.45, 2.75) is 32.7 Å². The van der Waals surface area contributed by atoms with Crippen molar-refractivity contribution in [2.75, 3.05) is 5.73 Å². The van der Waals surface area contributed by atoms with Crippen LogP contribution in [-0.2, 0) is 13.5 Å². The average molecular weight is 245 g/mol. The van der Waals surface area contributed by atoms with Crippen LogP contribution in [0.5, 0.6) is 0 Å². The highest BCUT2D eigenvalue weighted by Crippen LogP contribution is 2.35. The molecule has 0 fully saturated rings. The number of hydrogen-bond donors (Lipinski definition) is 1. The SMILES string of the molecule is CC1Cc2nc(-c3cncn3C)c(N)n2C(C)C1. The monoisotopic (exact) mass is 245 g/mol. The zero-order chi connectivity index (χ0) is 12.9. The number of aryl methyl sites for hydroxylation is 1. The van der Waals surface area contributed by atoms with Gasteiger partial charge in [-0.15, -0.1) is 0 Å². The van der Waals surface area contributed by atoms with Crippen molar-refractivity contribution < 1.29 is 0 Å². The van der Waals surface area contributed by atoms with Crippen LogP contribution in [-0.4, -0.2) is 19.1 Å². The maximum Gasteiger partial charge on any atom is 0.133 e. The quantitative estimate of drug-likeness (QED) is 0.836. The molecule has 1 aliphatic heterocycles. The van der Waals surface area contributed by atoms with Crippen molar-refractivity contribution >= 4 is 5.82 Å². The summed E-state index contributed by atoms with van der Waals surface area (Å²) in [5.41, 5.74) is 8.13. The lowest BCUT2D eigenvalue weighted by molar-refractivity contribution is 0.346. The van der Waals surface area contributed by atoms with E-state index < -0.39 is 0 Å². The van der Waals surface area contributed by atoms with Crippen LogP contribution in [0.25, 0.3) is 11.4 Å². The lowest BCUT2D eigenvalue weighted by Crippen LogP contribution is -2.22. The molecule has 2 aromatic heterocycles. The summed E-state index contributed by atoms with van der Waals surface area (Å²) in [4.78, 5) is 8.87. The standard InChI is InChI=1S/C13H19N5/c1-8-4-9(2)18-11(5-8)16-12(13(18)14)10-6-15-7-17(10)3/h6-9H,4-5,14H2,1-3H3. The largest absolute Gasteiger partial charge is 0.383 e. The van der Waals surface area contributed by atoms with Gasteiger partial charge in [-0.25, -0.2) is 9.97 Å². The minimum Gasteiger partial charge on any atom is -0.383 e. The molecule has 0 radical (unpaired) electrons. The number of nitrogens with zero attached hydrogens (tertiary/aromatic N) is 4. The molecule has 1 aliphatic rings. The van der Waals surface area contributed by atoms with Crippen LogP contribution in [0.15, 0.2) is 12.5 Å². The molecule has 96 valence electrons. The van der Waals surface area contributed by atoms with Gasteiger partial charge in [0.1, 0.15) is 17.3 Å². The van der Waals surface area contributed by atoms with E-state index in [-0.39, 0.29) is 0 Å². The Balaban J connectivity index is 2.15. The molecular formula is C13H19N5. The Hall–Kier alpha value is -1.78. The first-order chi connectivity index (χ1) is 8.58. The molecule has 3 heterocycles. The van der Waals surface area contributed by atoms with Crippen LogP contribution < -0.4 is 5.73 Å². The van der Waals surface area contributed by atoms with Crippen molar-refractivity contribution in [3.8, 4) is 11.4 Å². The smallest absolute Gasteiger partial charge is 0.133 e. The zero-order valence-corrected chi connectivity index (χ0v) is 11.1. The maximum atomic E-state index is 6.28. The van der Waals surface area contributed by atoms with Crippen molar-refractivity contribution in [1.82, 2.24) is 19.1 Å². The van der Waals surface area contributed by atoms with E-state index in [2.05, 4.69) is 23.4 Å². The highest BCUT2D eigenvalue weighted by Gasteiger charge is 2.27. The predicted octanol–water partition coefficient (Wildman–Crippen LogP) is 2.01. The van der Waals surface area contributed by atoms with E-state index >= 15 is 0 Å². The summed E-state index contributed by atoms with van der Waals surface area (Å²) in [5, 5.41) is 0. The van der Waals surface area contributed by atoms with E-state index in [9.17, 15) is 0 Å². The lowest BCUT2D eigenvalue weighted by Gasteiger charge is -2.27. The molecular weight excluding hydrogens is 226 g/mol. The molecule has 0 aromatic carbocycles.